The molecule has 2 heterocycles. The average molecular weight is 459 g/mol. The van der Waals surface area contributed by atoms with E-state index in [9.17, 15) is 24.6 Å². The molecule has 1 aromatic rings. The summed E-state index contributed by atoms with van der Waals surface area (Å²) in [5, 5.41) is 23.9. The second-order valence-corrected chi connectivity index (χ2v) is 9.97. The number of hydrogen-bond acceptors (Lipinski definition) is 7. The molecule has 4 aliphatic rings. The summed E-state index contributed by atoms with van der Waals surface area (Å²) in [7, 11) is 2.00. The Bertz CT molecular complexity index is 1040. The second kappa shape index (κ2) is 7.43. The van der Waals surface area contributed by atoms with Gasteiger partial charge in [0.15, 0.2) is 23.4 Å². The number of carboxylic acid groups (broad SMARTS) is 1. The molecule has 178 valence electrons. The van der Waals surface area contributed by atoms with E-state index in [-0.39, 0.29) is 29.9 Å². The average Bonchev–Trinajstić information content (AvgIpc) is 3.14. The first kappa shape index (κ1) is 22.2. The lowest BCUT2D eigenvalue weighted by molar-refractivity contribution is -0.185. The molecule has 0 radical (unpaired) electrons. The largest absolute Gasteiger partial charge is 0.480 e. The van der Waals surface area contributed by atoms with Crippen LogP contribution in [-0.4, -0.2) is 70.3 Å². The lowest BCUT2D eigenvalue weighted by Crippen LogP contribution is -2.76. The highest BCUT2D eigenvalue weighted by atomic mass is 16.6. The molecule has 2 aliphatic carbocycles. The molecule has 6 atom stereocenters. The summed E-state index contributed by atoms with van der Waals surface area (Å²) in [4.78, 5) is 39.4. The molecular formula is C24H30N2O7. The molecule has 1 saturated carbocycles. The number of ether oxygens (including phenoxy) is 2. The molecule has 9 nitrogen and oxygen atoms in total. The summed E-state index contributed by atoms with van der Waals surface area (Å²) >= 11 is 0. The van der Waals surface area contributed by atoms with Crippen LogP contribution in [0, 0.1) is 5.92 Å². The molecule has 3 N–H and O–H groups in total. The second-order valence-electron chi connectivity index (χ2n) is 9.97. The van der Waals surface area contributed by atoms with Crippen LogP contribution < -0.4 is 14.8 Å². The number of carbonyl (C=O) groups is 3. The summed E-state index contributed by atoms with van der Waals surface area (Å²) in [5.41, 5.74) is -0.213. The van der Waals surface area contributed by atoms with Crippen molar-refractivity contribution >= 4 is 17.8 Å². The number of likely N-dealkylation sites (tertiary alicyclic amines) is 1. The van der Waals surface area contributed by atoms with Crippen LogP contribution in [0.3, 0.4) is 0 Å². The van der Waals surface area contributed by atoms with Crippen molar-refractivity contribution in [2.75, 3.05) is 13.6 Å². The zero-order valence-corrected chi connectivity index (χ0v) is 19.1. The van der Waals surface area contributed by atoms with Gasteiger partial charge in [-0.25, -0.2) is 9.59 Å². The van der Waals surface area contributed by atoms with Gasteiger partial charge < -0.3 is 29.9 Å². The number of amides is 1. The van der Waals surface area contributed by atoms with Crippen molar-refractivity contribution in [2.24, 2.45) is 5.92 Å². The lowest BCUT2D eigenvalue weighted by Gasteiger charge is -2.61. The van der Waals surface area contributed by atoms with Crippen LogP contribution in [0.4, 0.5) is 4.79 Å². The van der Waals surface area contributed by atoms with Crippen LogP contribution in [0.1, 0.15) is 50.7 Å². The fraction of sp³-hybridized carbons (Fsp3) is 0.625. The number of rotatable bonds is 5. The molecule has 2 fully saturated rings. The molecule has 5 rings (SSSR count). The third kappa shape index (κ3) is 2.88. The maximum atomic E-state index is 13.0. The van der Waals surface area contributed by atoms with Gasteiger partial charge in [0.25, 0.3) is 0 Å². The standard InChI is InChI=1S/C24H30N2O7/c1-4-12(2)18(21(28)29)25-22(30)32-15-6-5-13-11-16-24(31)8-7-14(27)20-23(24,9-10-26(16)3)17(13)19(15)33-20/h5-6,12,16,18,20,31H,4,7-11H2,1-3H3,(H,25,30)(H,28,29)/t12?,16?,18-,20+,23?,24?/m1/s1. The first-order valence-electron chi connectivity index (χ1n) is 11.6. The maximum absolute atomic E-state index is 13.0. The number of piperidine rings is 1. The van der Waals surface area contributed by atoms with Crippen molar-refractivity contribution in [3.8, 4) is 11.5 Å². The monoisotopic (exact) mass is 458 g/mol. The Kier molecular flexibility index (Phi) is 4.99. The predicted molar refractivity (Wildman–Crippen MR) is 117 cm³/mol. The van der Waals surface area contributed by atoms with Crippen LogP contribution >= 0.6 is 0 Å². The van der Waals surface area contributed by atoms with Crippen LogP contribution in [-0.2, 0) is 21.4 Å². The van der Waals surface area contributed by atoms with Gasteiger partial charge in [0.05, 0.1) is 11.0 Å². The van der Waals surface area contributed by atoms with E-state index in [1.54, 1.807) is 13.0 Å². The smallest absolute Gasteiger partial charge is 0.413 e. The molecule has 0 aromatic heterocycles. The molecule has 33 heavy (non-hydrogen) atoms. The zero-order valence-electron chi connectivity index (χ0n) is 19.1. The molecule has 1 spiro atoms. The third-order valence-electron chi connectivity index (χ3n) is 8.47. The molecular weight excluding hydrogens is 428 g/mol. The maximum Gasteiger partial charge on any atom is 0.413 e. The zero-order chi connectivity index (χ0) is 23.7. The number of Topliss-reactive ketones (excluding diaryl/α,β-unsaturated/α-hetero) is 1. The van der Waals surface area contributed by atoms with Crippen LogP contribution in [0.5, 0.6) is 11.5 Å². The number of nitrogens with zero attached hydrogens (tertiary/aromatic N) is 1. The van der Waals surface area contributed by atoms with Gasteiger partial charge in [0.1, 0.15) is 6.04 Å². The van der Waals surface area contributed by atoms with Gasteiger partial charge in [-0.2, -0.15) is 0 Å². The van der Waals surface area contributed by atoms with E-state index in [0.29, 0.717) is 31.4 Å². The van der Waals surface area contributed by atoms with Gasteiger partial charge in [0.2, 0.25) is 0 Å². The topological polar surface area (TPSA) is 125 Å². The normalized spacial score (nSPS) is 33.5. The fourth-order valence-electron chi connectivity index (χ4n) is 6.54. The Labute approximate surface area is 192 Å². The van der Waals surface area contributed by atoms with E-state index >= 15 is 0 Å². The highest BCUT2D eigenvalue weighted by Crippen LogP contribution is 2.64. The molecule has 1 aromatic carbocycles. The molecule has 1 amide bonds. The number of aliphatic hydroxyl groups is 1. The summed E-state index contributed by atoms with van der Waals surface area (Å²) in [6.07, 6.45) is 0.656. The van der Waals surface area contributed by atoms with E-state index < -0.39 is 35.2 Å². The Morgan fingerprint density at radius 3 is 2.82 bits per heavy atom. The summed E-state index contributed by atoms with van der Waals surface area (Å²) in [6.45, 7) is 4.31. The number of benzene rings is 1. The van der Waals surface area contributed by atoms with E-state index in [1.165, 1.54) is 0 Å². The minimum absolute atomic E-state index is 0.0508. The van der Waals surface area contributed by atoms with Crippen molar-refractivity contribution in [3.63, 3.8) is 0 Å². The summed E-state index contributed by atoms with van der Waals surface area (Å²) < 4.78 is 11.7. The van der Waals surface area contributed by atoms with E-state index in [4.69, 9.17) is 9.47 Å². The van der Waals surface area contributed by atoms with Crippen molar-refractivity contribution in [3.05, 3.63) is 23.3 Å². The summed E-state index contributed by atoms with van der Waals surface area (Å²) in [5.74, 6) is -1.01. The number of aliphatic carboxylic acids is 1. The van der Waals surface area contributed by atoms with E-state index in [2.05, 4.69) is 10.2 Å². The number of likely N-dealkylation sites (N-methyl/N-ethyl adjacent to an activating group) is 1. The van der Waals surface area contributed by atoms with Gasteiger partial charge >= 0.3 is 12.1 Å². The van der Waals surface area contributed by atoms with Gasteiger partial charge in [-0.05, 0) is 50.4 Å². The number of nitrogens with one attached hydrogen (secondary N) is 1. The van der Waals surface area contributed by atoms with E-state index in [0.717, 1.165) is 17.7 Å². The molecule has 4 unspecified atom stereocenters. The number of ketones is 1. The first-order valence-corrected chi connectivity index (χ1v) is 11.6. The van der Waals surface area contributed by atoms with Gasteiger partial charge in [-0.1, -0.05) is 26.3 Å². The third-order valence-corrected chi connectivity index (χ3v) is 8.47. The SMILES string of the molecule is CCC(C)[C@@H](NC(=O)Oc1ccc2c3c1O[C@H]1C(=O)CCC4(O)C(C2)N(C)CCC314)C(=O)O. The Hall–Kier alpha value is -2.65. The summed E-state index contributed by atoms with van der Waals surface area (Å²) in [6, 6.07) is 2.29. The number of hydrogen-bond donors (Lipinski definition) is 3. The fourth-order valence-corrected chi connectivity index (χ4v) is 6.54. The number of carboxylic acids is 1. The van der Waals surface area contributed by atoms with Gasteiger partial charge in [-0.15, -0.1) is 0 Å². The highest BCUT2D eigenvalue weighted by Gasteiger charge is 2.72. The van der Waals surface area contributed by atoms with Gasteiger partial charge in [-0.3, -0.25) is 4.79 Å². The minimum atomic E-state index is -1.13. The highest BCUT2D eigenvalue weighted by molar-refractivity contribution is 5.90. The van der Waals surface area contributed by atoms with Crippen molar-refractivity contribution < 1.29 is 34.1 Å². The quantitative estimate of drug-likeness (QED) is 0.608. The van der Waals surface area contributed by atoms with E-state index in [1.807, 2.05) is 20.0 Å². The van der Waals surface area contributed by atoms with Gasteiger partial charge in [0, 0.05) is 18.0 Å². The molecule has 9 heteroatoms. The first-order chi connectivity index (χ1) is 15.6. The minimum Gasteiger partial charge on any atom is -0.480 e. The van der Waals surface area contributed by atoms with Crippen molar-refractivity contribution in [2.45, 2.75) is 75.2 Å². The van der Waals surface area contributed by atoms with Crippen LogP contribution in [0.15, 0.2) is 12.1 Å². The molecule has 1 saturated heterocycles. The van der Waals surface area contributed by atoms with Crippen molar-refractivity contribution in [1.29, 1.82) is 0 Å². The van der Waals surface area contributed by atoms with Crippen LogP contribution in [0.2, 0.25) is 0 Å². The Morgan fingerprint density at radius 2 is 2.12 bits per heavy atom. The lowest BCUT2D eigenvalue weighted by atomic mass is 9.49. The number of carbonyl (C=O) groups excluding carboxylic acids is 2. The Balaban J connectivity index is 1.53. The molecule has 2 bridgehead atoms. The predicted octanol–water partition coefficient (Wildman–Crippen LogP) is 1.63. The van der Waals surface area contributed by atoms with Crippen LogP contribution in [0.25, 0.3) is 0 Å². The Morgan fingerprint density at radius 1 is 1.36 bits per heavy atom. The van der Waals surface area contributed by atoms with Crippen molar-refractivity contribution in [1.82, 2.24) is 10.2 Å². The molecule has 2 aliphatic heterocycles.